The van der Waals surface area contributed by atoms with Crippen molar-refractivity contribution in [1.82, 2.24) is 14.8 Å². The Morgan fingerprint density at radius 1 is 1.15 bits per heavy atom. The lowest BCUT2D eigenvalue weighted by Gasteiger charge is -2.17. The molecule has 20 heavy (non-hydrogen) atoms. The van der Waals surface area contributed by atoms with Crippen LogP contribution in [-0.2, 0) is 0 Å². The molecule has 98 valence electrons. The standard InChI is InChI=1S/C14H12N6/c15-5-11-1-2-14(17-7-11)19-4-3-13(10-19)20-9-12(6-16)8-18-20/h1-2,7-9,13H,3-4,10H2. The highest BCUT2D eigenvalue weighted by Gasteiger charge is 2.25. The molecule has 3 rings (SSSR count). The summed E-state index contributed by atoms with van der Waals surface area (Å²) in [5.41, 5.74) is 1.15. The van der Waals surface area contributed by atoms with Gasteiger partial charge in [0.2, 0.25) is 0 Å². The molecule has 2 aromatic rings. The van der Waals surface area contributed by atoms with Gasteiger partial charge in [-0.15, -0.1) is 0 Å². The minimum Gasteiger partial charge on any atom is -0.354 e. The fraction of sp³-hybridized carbons (Fsp3) is 0.286. The monoisotopic (exact) mass is 264 g/mol. The van der Waals surface area contributed by atoms with Crippen LogP contribution in [0.15, 0.2) is 30.7 Å². The van der Waals surface area contributed by atoms with Crippen LogP contribution in [0.25, 0.3) is 0 Å². The molecule has 0 saturated carbocycles. The highest BCUT2D eigenvalue weighted by atomic mass is 15.3. The number of rotatable bonds is 2. The Morgan fingerprint density at radius 3 is 2.65 bits per heavy atom. The van der Waals surface area contributed by atoms with E-state index in [4.69, 9.17) is 10.5 Å². The molecule has 0 N–H and O–H groups in total. The van der Waals surface area contributed by atoms with Gasteiger partial charge in [0.15, 0.2) is 0 Å². The number of hydrogen-bond donors (Lipinski definition) is 0. The van der Waals surface area contributed by atoms with E-state index in [0.717, 1.165) is 25.3 Å². The largest absolute Gasteiger partial charge is 0.354 e. The Kier molecular flexibility index (Phi) is 3.06. The molecule has 0 aromatic carbocycles. The molecular formula is C14H12N6. The van der Waals surface area contributed by atoms with Gasteiger partial charge in [-0.25, -0.2) is 4.98 Å². The third kappa shape index (κ3) is 2.19. The van der Waals surface area contributed by atoms with Gasteiger partial charge in [0, 0.05) is 25.5 Å². The summed E-state index contributed by atoms with van der Waals surface area (Å²) in [6.07, 6.45) is 5.92. The topological polar surface area (TPSA) is 81.5 Å². The van der Waals surface area contributed by atoms with Gasteiger partial charge in [0.1, 0.15) is 18.0 Å². The van der Waals surface area contributed by atoms with Crippen molar-refractivity contribution in [3.8, 4) is 12.1 Å². The smallest absolute Gasteiger partial charge is 0.128 e. The van der Waals surface area contributed by atoms with Crippen LogP contribution in [0.2, 0.25) is 0 Å². The zero-order valence-corrected chi connectivity index (χ0v) is 10.8. The van der Waals surface area contributed by atoms with Crippen molar-refractivity contribution >= 4 is 5.82 Å². The van der Waals surface area contributed by atoms with Gasteiger partial charge < -0.3 is 4.90 Å². The molecule has 1 aliphatic rings. The van der Waals surface area contributed by atoms with E-state index in [1.807, 2.05) is 10.7 Å². The Morgan fingerprint density at radius 2 is 2.00 bits per heavy atom. The van der Waals surface area contributed by atoms with Crippen LogP contribution in [0.4, 0.5) is 5.82 Å². The molecule has 0 aliphatic carbocycles. The van der Waals surface area contributed by atoms with Crippen molar-refractivity contribution in [1.29, 1.82) is 10.5 Å². The molecule has 2 aromatic heterocycles. The van der Waals surface area contributed by atoms with E-state index in [1.54, 1.807) is 24.7 Å². The van der Waals surface area contributed by atoms with E-state index >= 15 is 0 Å². The summed E-state index contributed by atoms with van der Waals surface area (Å²) in [5, 5.41) is 21.8. The van der Waals surface area contributed by atoms with E-state index in [-0.39, 0.29) is 6.04 Å². The molecular weight excluding hydrogens is 252 g/mol. The summed E-state index contributed by atoms with van der Waals surface area (Å²) >= 11 is 0. The zero-order valence-electron chi connectivity index (χ0n) is 10.8. The SMILES string of the molecule is N#Cc1ccc(N2CCC(n3cc(C#N)cn3)C2)nc1. The Bertz CT molecular complexity index is 688. The van der Waals surface area contributed by atoms with E-state index in [2.05, 4.69) is 27.1 Å². The Balaban J connectivity index is 1.73. The number of hydrogen-bond acceptors (Lipinski definition) is 5. The van der Waals surface area contributed by atoms with Crippen molar-refractivity contribution in [3.63, 3.8) is 0 Å². The first-order valence-corrected chi connectivity index (χ1v) is 6.35. The Hall–Kier alpha value is -2.86. The number of nitriles is 2. The zero-order chi connectivity index (χ0) is 13.9. The van der Waals surface area contributed by atoms with Gasteiger partial charge in [-0.1, -0.05) is 0 Å². The van der Waals surface area contributed by atoms with Crippen LogP contribution in [0, 0.1) is 22.7 Å². The van der Waals surface area contributed by atoms with Gasteiger partial charge in [-0.2, -0.15) is 15.6 Å². The lowest BCUT2D eigenvalue weighted by Crippen LogP contribution is -2.22. The van der Waals surface area contributed by atoms with Crippen LogP contribution in [0.1, 0.15) is 23.6 Å². The fourth-order valence-corrected chi connectivity index (χ4v) is 2.40. The second-order valence-electron chi connectivity index (χ2n) is 4.73. The van der Waals surface area contributed by atoms with Gasteiger partial charge in [0.25, 0.3) is 0 Å². The van der Waals surface area contributed by atoms with E-state index in [9.17, 15) is 0 Å². The molecule has 1 unspecified atom stereocenters. The summed E-state index contributed by atoms with van der Waals surface area (Å²) in [5.74, 6) is 0.874. The molecule has 1 atom stereocenters. The first-order valence-electron chi connectivity index (χ1n) is 6.35. The second kappa shape index (κ2) is 5.02. The van der Waals surface area contributed by atoms with Gasteiger partial charge in [0.05, 0.1) is 23.4 Å². The average molecular weight is 264 g/mol. The van der Waals surface area contributed by atoms with Gasteiger partial charge in [-0.3, -0.25) is 4.68 Å². The molecule has 3 heterocycles. The first kappa shape index (κ1) is 12.2. The van der Waals surface area contributed by atoms with Crippen LogP contribution >= 0.6 is 0 Å². The van der Waals surface area contributed by atoms with Gasteiger partial charge >= 0.3 is 0 Å². The molecule has 1 saturated heterocycles. The average Bonchev–Trinajstić information content (AvgIpc) is 3.16. The number of nitrogens with zero attached hydrogens (tertiary/aromatic N) is 6. The lowest BCUT2D eigenvalue weighted by atomic mass is 10.3. The molecule has 1 fully saturated rings. The number of anilines is 1. The number of pyridine rings is 1. The molecule has 6 nitrogen and oxygen atoms in total. The lowest BCUT2D eigenvalue weighted by molar-refractivity contribution is 0.494. The first-order chi connectivity index (χ1) is 9.80. The van der Waals surface area contributed by atoms with E-state index in [1.165, 1.54) is 0 Å². The summed E-state index contributed by atoms with van der Waals surface area (Å²) in [6, 6.07) is 8.05. The molecule has 6 heteroatoms. The van der Waals surface area contributed by atoms with E-state index in [0.29, 0.717) is 11.1 Å². The number of aromatic nitrogens is 3. The summed E-state index contributed by atoms with van der Waals surface area (Å²) in [4.78, 5) is 6.47. The minimum atomic E-state index is 0.259. The Labute approximate surface area is 116 Å². The summed E-state index contributed by atoms with van der Waals surface area (Å²) in [7, 11) is 0. The van der Waals surface area contributed by atoms with Crippen LogP contribution in [-0.4, -0.2) is 27.9 Å². The fourth-order valence-electron chi connectivity index (χ4n) is 2.40. The van der Waals surface area contributed by atoms with Crippen molar-refractivity contribution in [2.75, 3.05) is 18.0 Å². The van der Waals surface area contributed by atoms with Gasteiger partial charge in [-0.05, 0) is 18.6 Å². The summed E-state index contributed by atoms with van der Waals surface area (Å²) < 4.78 is 1.85. The molecule has 0 amide bonds. The second-order valence-corrected chi connectivity index (χ2v) is 4.73. The molecule has 1 aliphatic heterocycles. The maximum atomic E-state index is 8.82. The van der Waals surface area contributed by atoms with Crippen molar-refractivity contribution in [3.05, 3.63) is 41.9 Å². The maximum absolute atomic E-state index is 8.82. The molecule has 0 bridgehead atoms. The molecule has 0 radical (unpaired) electrons. The predicted molar refractivity (Wildman–Crippen MR) is 71.8 cm³/mol. The highest BCUT2D eigenvalue weighted by molar-refractivity contribution is 5.43. The maximum Gasteiger partial charge on any atom is 0.128 e. The van der Waals surface area contributed by atoms with Crippen molar-refractivity contribution in [2.24, 2.45) is 0 Å². The normalized spacial score (nSPS) is 17.7. The van der Waals surface area contributed by atoms with Crippen LogP contribution in [0.5, 0.6) is 0 Å². The molecule has 0 spiro atoms. The quantitative estimate of drug-likeness (QED) is 0.820. The van der Waals surface area contributed by atoms with Crippen molar-refractivity contribution in [2.45, 2.75) is 12.5 Å². The predicted octanol–water partition coefficient (Wildman–Crippen LogP) is 1.47. The minimum absolute atomic E-state index is 0.259. The van der Waals surface area contributed by atoms with Crippen molar-refractivity contribution < 1.29 is 0 Å². The highest BCUT2D eigenvalue weighted by Crippen LogP contribution is 2.25. The van der Waals surface area contributed by atoms with Crippen LogP contribution < -0.4 is 4.90 Å². The third-order valence-corrected chi connectivity index (χ3v) is 3.47. The third-order valence-electron chi connectivity index (χ3n) is 3.47. The van der Waals surface area contributed by atoms with E-state index < -0.39 is 0 Å². The summed E-state index contributed by atoms with van der Waals surface area (Å²) in [6.45, 7) is 1.71. The van der Waals surface area contributed by atoms with Crippen LogP contribution in [0.3, 0.4) is 0 Å².